The monoisotopic (exact) mass is 1030 g/mol. The molecular formula is C47H90N5O17P. The predicted molar refractivity (Wildman–Crippen MR) is 263 cm³/mol. The van der Waals surface area contributed by atoms with E-state index >= 15 is 0 Å². The molecule has 0 saturated heterocycles. The van der Waals surface area contributed by atoms with Crippen LogP contribution in [-0.2, 0) is 56.6 Å². The molecule has 0 aliphatic rings. The number of aliphatic carboxylic acids is 4. The van der Waals surface area contributed by atoms with Crippen LogP contribution in [0.25, 0.3) is 0 Å². The fraction of sp³-hybridized carbons (Fsp3) is 0.851. The molecule has 0 bridgehead atoms. The lowest BCUT2D eigenvalue weighted by molar-refractivity contribution is -0.161. The highest BCUT2D eigenvalue weighted by Gasteiger charge is 2.27. The van der Waals surface area contributed by atoms with Crippen LogP contribution in [0, 0.1) is 0 Å². The molecule has 0 radical (unpaired) electrons. The molecule has 22 nitrogen and oxygen atoms in total. The Morgan fingerprint density at radius 1 is 0.486 bits per heavy atom. The minimum atomic E-state index is -4.79. The molecule has 0 aromatic carbocycles. The number of phosphoric acid groups is 1. The van der Waals surface area contributed by atoms with E-state index in [-0.39, 0.29) is 51.7 Å². The lowest BCUT2D eigenvalue weighted by Crippen LogP contribution is -2.46. The van der Waals surface area contributed by atoms with Gasteiger partial charge in [0.25, 0.3) is 0 Å². The van der Waals surface area contributed by atoms with E-state index in [1.54, 1.807) is 0 Å². The number of rotatable bonds is 50. The average Bonchev–Trinajstić information content (AvgIpc) is 3.27. The fourth-order valence-electron chi connectivity index (χ4n) is 7.34. The Morgan fingerprint density at radius 3 is 1.26 bits per heavy atom. The highest BCUT2D eigenvalue weighted by molar-refractivity contribution is 7.47. The molecule has 0 rings (SSSR count). The number of carbonyl (C=O) groups is 7. The lowest BCUT2D eigenvalue weighted by Gasteiger charge is -2.27. The quantitative estimate of drug-likeness (QED) is 0.0194. The first-order valence-corrected chi connectivity index (χ1v) is 26.7. The van der Waals surface area contributed by atoms with Crippen LogP contribution in [0.4, 0.5) is 0 Å². The second kappa shape index (κ2) is 45.1. The van der Waals surface area contributed by atoms with Gasteiger partial charge in [0, 0.05) is 45.6 Å². The zero-order chi connectivity index (χ0) is 51.5. The van der Waals surface area contributed by atoms with Crippen molar-refractivity contribution in [2.24, 2.45) is 0 Å². The molecule has 23 heteroatoms. The van der Waals surface area contributed by atoms with Gasteiger partial charge in [-0.25, -0.2) is 4.57 Å². The van der Waals surface area contributed by atoms with Crippen molar-refractivity contribution in [1.29, 1.82) is 0 Å². The molecule has 1 unspecified atom stereocenters. The van der Waals surface area contributed by atoms with Crippen molar-refractivity contribution in [2.75, 3.05) is 85.3 Å². The first kappa shape index (κ1) is 68.3. The minimum absolute atomic E-state index is 0. The number of amides is 1. The lowest BCUT2D eigenvalue weighted by atomic mass is 10.1. The van der Waals surface area contributed by atoms with Crippen molar-refractivity contribution < 1.29 is 82.0 Å². The van der Waals surface area contributed by atoms with Crippen molar-refractivity contribution in [3.8, 4) is 0 Å². The summed E-state index contributed by atoms with van der Waals surface area (Å²) in [4.78, 5) is 97.4. The topological polar surface area (TPSA) is 331 Å². The number of nitrogens with zero attached hydrogens (tertiary/aromatic N) is 3. The first-order valence-electron chi connectivity index (χ1n) is 25.2. The summed E-state index contributed by atoms with van der Waals surface area (Å²) < 4.78 is 33.8. The minimum Gasteiger partial charge on any atom is -0.480 e. The number of carbonyl (C=O) groups excluding carboxylic acids is 3. The maximum Gasteiger partial charge on any atom is 0.472 e. The molecule has 2 atom stereocenters. The largest absolute Gasteiger partial charge is 0.480 e. The van der Waals surface area contributed by atoms with Gasteiger partial charge in [0.1, 0.15) is 6.61 Å². The van der Waals surface area contributed by atoms with Crippen molar-refractivity contribution in [3.05, 3.63) is 0 Å². The Balaban J connectivity index is 0. The number of nitrogens with one attached hydrogen (secondary N) is 1. The molecule has 70 heavy (non-hydrogen) atoms. The summed E-state index contributed by atoms with van der Waals surface area (Å²) >= 11 is 0. The van der Waals surface area contributed by atoms with E-state index < -0.39 is 108 Å². The van der Waals surface area contributed by atoms with Crippen LogP contribution in [0.2, 0.25) is 0 Å². The van der Waals surface area contributed by atoms with Gasteiger partial charge in [-0.2, -0.15) is 0 Å². The number of ether oxygens (including phenoxy) is 2. The number of phosphoric ester groups is 1. The van der Waals surface area contributed by atoms with E-state index in [0.29, 0.717) is 12.8 Å². The summed E-state index contributed by atoms with van der Waals surface area (Å²) in [5.74, 6) is -6.86. The summed E-state index contributed by atoms with van der Waals surface area (Å²) in [7, 11) is -4.79. The highest BCUT2D eigenvalue weighted by Crippen LogP contribution is 2.43. The number of hydrogen-bond donors (Lipinski definition) is 7. The van der Waals surface area contributed by atoms with Gasteiger partial charge in [-0.05, 0) is 12.8 Å². The number of esters is 2. The van der Waals surface area contributed by atoms with E-state index in [2.05, 4.69) is 19.2 Å². The van der Waals surface area contributed by atoms with Crippen molar-refractivity contribution in [2.45, 2.75) is 174 Å². The maximum absolute atomic E-state index is 12.8. The van der Waals surface area contributed by atoms with Gasteiger partial charge in [0.05, 0.1) is 45.9 Å². The van der Waals surface area contributed by atoms with Crippen LogP contribution in [0.1, 0.15) is 168 Å². The summed E-state index contributed by atoms with van der Waals surface area (Å²) in [6.45, 7) is -0.700. The van der Waals surface area contributed by atoms with Crippen LogP contribution in [0.15, 0.2) is 0 Å². The Labute approximate surface area is 416 Å². The zero-order valence-corrected chi connectivity index (χ0v) is 43.3. The molecule has 0 heterocycles. The molecule has 0 aromatic heterocycles. The Bertz CT molecular complexity index is 1460. The van der Waals surface area contributed by atoms with Gasteiger partial charge in [0.15, 0.2) is 6.10 Å². The third-order valence-corrected chi connectivity index (χ3v) is 12.1. The molecule has 9 N–H and O–H groups in total. The van der Waals surface area contributed by atoms with Crippen molar-refractivity contribution >= 4 is 49.5 Å². The van der Waals surface area contributed by atoms with Gasteiger partial charge in [-0.3, -0.25) is 57.3 Å². The van der Waals surface area contributed by atoms with Crippen LogP contribution in [-0.4, -0.2) is 173 Å². The molecule has 0 saturated carbocycles. The predicted octanol–water partition coefficient (Wildman–Crippen LogP) is 6.50. The zero-order valence-electron chi connectivity index (χ0n) is 42.4. The van der Waals surface area contributed by atoms with E-state index in [1.165, 1.54) is 93.3 Å². The number of hydrogen-bond acceptors (Lipinski definition) is 16. The molecule has 0 aliphatic heterocycles. The van der Waals surface area contributed by atoms with Crippen molar-refractivity contribution in [3.63, 3.8) is 0 Å². The molecule has 0 aliphatic carbocycles. The summed E-state index contributed by atoms with van der Waals surface area (Å²) in [5.41, 5.74) is 0. The van der Waals surface area contributed by atoms with Crippen LogP contribution in [0.5, 0.6) is 0 Å². The van der Waals surface area contributed by atoms with Gasteiger partial charge < -0.3 is 46.3 Å². The second-order valence-corrected chi connectivity index (χ2v) is 19.0. The maximum atomic E-state index is 12.8. The van der Waals surface area contributed by atoms with Gasteiger partial charge in [-0.15, -0.1) is 0 Å². The standard InChI is InChI=1S/C47H87N4O17P.H3N/c1-3-5-7-9-11-13-15-17-19-21-23-25-46(61)65-38-40(68-47(62)26-24-22-20-18-16-14-12-10-8-6-4-2)39-67-69(63,64)66-32-27-48-41(52)33-50(35-43(55)56)30-28-49(34-42(53)54)29-31-51(36-44(57)58)37-45(59)60;/h40H,3-39H2,1-2H3,(H,48,52)(H,53,54)(H,55,56)(H,57,58)(H,59,60)(H,63,64);1H3/t40-;/m1./s1. The number of carboxylic acid groups (broad SMARTS) is 4. The molecule has 0 spiro atoms. The molecule has 0 aromatic rings. The summed E-state index contributed by atoms with van der Waals surface area (Å²) in [6, 6.07) is 0. The Morgan fingerprint density at radius 2 is 0.843 bits per heavy atom. The normalized spacial score (nSPS) is 12.6. The van der Waals surface area contributed by atoms with E-state index in [4.69, 9.17) is 28.7 Å². The highest BCUT2D eigenvalue weighted by atomic mass is 31.2. The molecule has 1 amide bonds. The van der Waals surface area contributed by atoms with Crippen LogP contribution < -0.4 is 11.5 Å². The fourth-order valence-corrected chi connectivity index (χ4v) is 8.09. The van der Waals surface area contributed by atoms with E-state index in [0.717, 1.165) is 49.8 Å². The van der Waals surface area contributed by atoms with Gasteiger partial charge in [0.2, 0.25) is 5.91 Å². The van der Waals surface area contributed by atoms with Gasteiger partial charge >= 0.3 is 43.6 Å². The van der Waals surface area contributed by atoms with Gasteiger partial charge in [-0.1, -0.05) is 142 Å². The first-order chi connectivity index (χ1) is 33.0. The number of unbranched alkanes of at least 4 members (excludes halogenated alkanes) is 20. The third-order valence-electron chi connectivity index (χ3n) is 11.1. The molecule has 410 valence electrons. The van der Waals surface area contributed by atoms with E-state index in [9.17, 15) is 53.2 Å². The van der Waals surface area contributed by atoms with E-state index in [1.807, 2.05) is 0 Å². The summed E-state index contributed by atoms with van der Waals surface area (Å²) in [5, 5.41) is 39.4. The summed E-state index contributed by atoms with van der Waals surface area (Å²) in [6.07, 6.45) is 23.6. The Hall–Kier alpha value is -3.76. The average molecular weight is 1030 g/mol. The van der Waals surface area contributed by atoms with Crippen LogP contribution in [0.3, 0.4) is 0 Å². The van der Waals surface area contributed by atoms with Crippen molar-refractivity contribution in [1.82, 2.24) is 26.2 Å². The second-order valence-electron chi connectivity index (χ2n) is 17.6. The Kier molecular flexibility index (Phi) is 44.0. The SMILES string of the molecule is CCCCCCCCCCCCCC(=O)OC[C@H](COP(=O)(O)OCCNC(=O)CN(CCN(CCN(CC(=O)O)CC(=O)O)CC(=O)O)CC(=O)O)OC(=O)CCCCCCCCCCCCC.N. The molecular weight excluding hydrogens is 938 g/mol. The third kappa shape index (κ3) is 45.4. The molecule has 0 fully saturated rings. The smallest absolute Gasteiger partial charge is 0.472 e. The van der Waals surface area contributed by atoms with Crippen LogP contribution >= 0.6 is 7.82 Å². The number of carboxylic acids is 4.